The minimum atomic E-state index is -3.69. The second kappa shape index (κ2) is 8.47. The van der Waals surface area contributed by atoms with Crippen LogP contribution in [-0.2, 0) is 10.0 Å². The molecule has 1 heterocycles. The van der Waals surface area contributed by atoms with Crippen molar-refractivity contribution in [3.05, 3.63) is 71.5 Å². The number of amides is 2. The first-order valence-corrected chi connectivity index (χ1v) is 10.3. The molecule has 9 nitrogen and oxygen atoms in total. The summed E-state index contributed by atoms with van der Waals surface area (Å²) in [6, 6.07) is 14.5. The van der Waals surface area contributed by atoms with E-state index in [1.54, 1.807) is 0 Å². The van der Waals surface area contributed by atoms with Crippen LogP contribution in [0.5, 0.6) is 0 Å². The van der Waals surface area contributed by atoms with Gasteiger partial charge in [-0.3, -0.25) is 20.4 Å². The van der Waals surface area contributed by atoms with Crippen molar-refractivity contribution in [3.63, 3.8) is 0 Å². The molecule has 2 N–H and O–H groups in total. The monoisotopic (exact) mass is 428 g/mol. The summed E-state index contributed by atoms with van der Waals surface area (Å²) in [6.45, 7) is 1.96. The summed E-state index contributed by atoms with van der Waals surface area (Å²) in [5.74, 6) is -1.47. The average molecular weight is 428 g/mol. The maximum Gasteiger partial charge on any atom is 0.308 e. The highest BCUT2D eigenvalue weighted by atomic mass is 32.2. The molecule has 3 aromatic rings. The van der Waals surface area contributed by atoms with Gasteiger partial charge in [-0.15, -0.1) is 0 Å². The number of sulfonamides is 1. The van der Waals surface area contributed by atoms with Crippen molar-refractivity contribution < 1.29 is 22.5 Å². The van der Waals surface area contributed by atoms with Crippen molar-refractivity contribution in [1.82, 2.24) is 20.3 Å². The predicted molar refractivity (Wildman–Crippen MR) is 109 cm³/mol. The zero-order valence-corrected chi connectivity index (χ0v) is 17.4. The minimum absolute atomic E-state index is 0.0375. The molecule has 2 aromatic carbocycles. The fraction of sp³-hybridized carbons (Fsp3) is 0.150. The Balaban J connectivity index is 1.67. The summed E-state index contributed by atoms with van der Waals surface area (Å²) >= 11 is 0. The molecule has 3 rings (SSSR count). The van der Waals surface area contributed by atoms with E-state index in [0.717, 1.165) is 15.4 Å². The van der Waals surface area contributed by atoms with Crippen LogP contribution in [0.3, 0.4) is 0 Å². The Hall–Kier alpha value is -3.50. The molecule has 0 bridgehead atoms. The van der Waals surface area contributed by atoms with E-state index in [0.29, 0.717) is 5.69 Å². The number of hydrogen-bond acceptors (Lipinski definition) is 6. The topological polar surface area (TPSA) is 122 Å². The number of nitrogens with zero attached hydrogens (tertiary/aromatic N) is 2. The van der Waals surface area contributed by atoms with Gasteiger partial charge in [0.2, 0.25) is 15.8 Å². The third-order valence-corrected chi connectivity index (χ3v) is 6.06. The van der Waals surface area contributed by atoms with Crippen LogP contribution in [0.2, 0.25) is 0 Å². The number of hydrazine groups is 1. The van der Waals surface area contributed by atoms with Crippen LogP contribution < -0.4 is 10.9 Å². The molecule has 0 spiro atoms. The first-order chi connectivity index (χ1) is 14.2. The summed E-state index contributed by atoms with van der Waals surface area (Å²) in [5.41, 5.74) is 6.86. The minimum Gasteiger partial charge on any atom is -0.350 e. The van der Waals surface area contributed by atoms with E-state index < -0.39 is 21.8 Å². The Morgan fingerprint density at radius 2 is 1.63 bits per heavy atom. The van der Waals surface area contributed by atoms with Gasteiger partial charge >= 0.3 is 5.91 Å². The van der Waals surface area contributed by atoms with Gasteiger partial charge in [-0.25, -0.2) is 12.7 Å². The predicted octanol–water partition coefficient (Wildman–Crippen LogP) is 1.98. The number of aromatic nitrogens is 1. The second-order valence-electron chi connectivity index (χ2n) is 6.67. The lowest BCUT2D eigenvalue weighted by Gasteiger charge is -2.12. The average Bonchev–Trinajstić information content (AvgIpc) is 3.22. The van der Waals surface area contributed by atoms with Crippen molar-refractivity contribution in [2.45, 2.75) is 11.8 Å². The van der Waals surface area contributed by atoms with E-state index in [2.05, 4.69) is 16.0 Å². The van der Waals surface area contributed by atoms with Gasteiger partial charge in [0.15, 0.2) is 0 Å². The maximum absolute atomic E-state index is 12.3. The lowest BCUT2D eigenvalue weighted by Crippen LogP contribution is -2.41. The number of hydrogen-bond donors (Lipinski definition) is 2. The quantitative estimate of drug-likeness (QED) is 0.599. The number of aryl methyl sites for hydroxylation is 1. The van der Waals surface area contributed by atoms with Crippen LogP contribution in [-0.4, -0.2) is 43.8 Å². The summed E-state index contributed by atoms with van der Waals surface area (Å²) < 4.78 is 30.5. The van der Waals surface area contributed by atoms with Crippen molar-refractivity contribution in [2.24, 2.45) is 0 Å². The van der Waals surface area contributed by atoms with Gasteiger partial charge in [0.05, 0.1) is 4.90 Å². The maximum atomic E-state index is 12.3. The number of benzene rings is 2. The molecule has 0 atom stereocenters. The van der Waals surface area contributed by atoms with Gasteiger partial charge in [0.1, 0.15) is 5.69 Å². The Labute approximate surface area is 173 Å². The lowest BCUT2D eigenvalue weighted by molar-refractivity contribution is 0.0825. The second-order valence-corrected chi connectivity index (χ2v) is 8.82. The molecule has 0 radical (unpaired) electrons. The smallest absolute Gasteiger partial charge is 0.308 e. The van der Waals surface area contributed by atoms with Crippen molar-refractivity contribution in [2.75, 3.05) is 14.1 Å². The molecule has 0 aliphatic rings. The summed E-state index contributed by atoms with van der Waals surface area (Å²) in [5, 5.41) is 3.86. The zero-order chi connectivity index (χ0) is 21.9. The molecule has 10 heteroatoms. The highest BCUT2D eigenvalue weighted by molar-refractivity contribution is 7.89. The molecule has 30 heavy (non-hydrogen) atoms. The summed E-state index contributed by atoms with van der Waals surface area (Å²) in [6.07, 6.45) is 0. The summed E-state index contributed by atoms with van der Waals surface area (Å²) in [4.78, 5) is 24.5. The first kappa shape index (κ1) is 21.2. The largest absolute Gasteiger partial charge is 0.350 e. The van der Waals surface area contributed by atoms with E-state index in [1.807, 2.05) is 31.2 Å². The molecular weight excluding hydrogens is 408 g/mol. The van der Waals surface area contributed by atoms with Crippen LogP contribution in [0.25, 0.3) is 11.3 Å². The molecule has 0 saturated carbocycles. The molecule has 0 fully saturated rings. The van der Waals surface area contributed by atoms with Crippen LogP contribution in [0, 0.1) is 6.92 Å². The van der Waals surface area contributed by atoms with Gasteiger partial charge in [0.25, 0.3) is 5.91 Å². The van der Waals surface area contributed by atoms with E-state index in [9.17, 15) is 18.0 Å². The Bertz CT molecular complexity index is 1180. The van der Waals surface area contributed by atoms with Crippen LogP contribution >= 0.6 is 0 Å². The molecule has 156 valence electrons. The van der Waals surface area contributed by atoms with Gasteiger partial charge in [0, 0.05) is 31.3 Å². The summed E-state index contributed by atoms with van der Waals surface area (Å²) in [7, 11) is -0.904. The molecule has 0 saturated heterocycles. The number of carbonyl (C=O) groups is 2. The molecule has 0 unspecified atom stereocenters. The van der Waals surface area contributed by atoms with Crippen LogP contribution in [0.1, 0.15) is 26.5 Å². The van der Waals surface area contributed by atoms with Gasteiger partial charge in [-0.2, -0.15) is 0 Å². The third-order valence-electron chi connectivity index (χ3n) is 4.25. The molecular formula is C20H20N4O5S. The molecule has 0 aliphatic heterocycles. The fourth-order valence-corrected chi connectivity index (χ4v) is 3.45. The lowest BCUT2D eigenvalue weighted by atomic mass is 10.1. The standard InChI is InChI=1S/C20H20N4O5S/c1-13-7-9-14(10-8-13)17-12-18(29-23-17)20(26)22-21-19(25)15-5-4-6-16(11-15)30(27,28)24(2)3/h4-12H,1-3H3,(H,21,25)(H,22,26). The molecule has 2 amide bonds. The number of carbonyl (C=O) groups excluding carboxylic acids is 2. The SMILES string of the molecule is Cc1ccc(-c2cc(C(=O)NNC(=O)c3cccc(S(=O)(=O)N(C)C)c3)on2)cc1. The van der Waals surface area contributed by atoms with Crippen molar-refractivity contribution in [3.8, 4) is 11.3 Å². The fourth-order valence-electron chi connectivity index (χ4n) is 2.50. The van der Waals surface area contributed by atoms with Gasteiger partial charge in [-0.1, -0.05) is 41.1 Å². The zero-order valence-electron chi connectivity index (χ0n) is 16.5. The third kappa shape index (κ3) is 4.56. The van der Waals surface area contributed by atoms with Gasteiger partial charge < -0.3 is 4.52 Å². The van der Waals surface area contributed by atoms with Crippen LogP contribution in [0.15, 0.2) is 64.0 Å². The Kier molecular flexibility index (Phi) is 5.99. The highest BCUT2D eigenvalue weighted by Gasteiger charge is 2.19. The van der Waals surface area contributed by atoms with E-state index >= 15 is 0 Å². The molecule has 0 aliphatic carbocycles. The van der Waals surface area contributed by atoms with Crippen molar-refractivity contribution in [1.29, 1.82) is 0 Å². The van der Waals surface area contributed by atoms with Crippen molar-refractivity contribution >= 4 is 21.8 Å². The number of rotatable bonds is 5. The van der Waals surface area contributed by atoms with E-state index in [1.165, 1.54) is 44.4 Å². The van der Waals surface area contributed by atoms with Gasteiger partial charge in [-0.05, 0) is 25.1 Å². The highest BCUT2D eigenvalue weighted by Crippen LogP contribution is 2.19. The first-order valence-electron chi connectivity index (χ1n) is 8.85. The Morgan fingerprint density at radius 3 is 2.30 bits per heavy atom. The normalized spacial score (nSPS) is 11.3. The molecule has 1 aromatic heterocycles. The van der Waals surface area contributed by atoms with Crippen LogP contribution in [0.4, 0.5) is 0 Å². The Morgan fingerprint density at radius 1 is 0.967 bits per heavy atom. The van der Waals surface area contributed by atoms with E-state index in [-0.39, 0.29) is 16.2 Å². The number of nitrogens with one attached hydrogen (secondary N) is 2. The van der Waals surface area contributed by atoms with E-state index in [4.69, 9.17) is 4.52 Å².